The molecule has 2 fully saturated rings. The number of quaternary nitrogens is 1. The molecule has 0 saturated carbocycles. The van der Waals surface area contributed by atoms with Gasteiger partial charge in [-0.15, -0.1) is 0 Å². The lowest BCUT2D eigenvalue weighted by atomic mass is 9.85. The Bertz CT molecular complexity index is 752. The molecule has 6 heteroatoms. The quantitative estimate of drug-likeness (QED) is 0.478. The van der Waals surface area contributed by atoms with Crippen molar-refractivity contribution in [2.45, 2.75) is 19.8 Å². The summed E-state index contributed by atoms with van der Waals surface area (Å²) in [5.74, 6) is -0.161. The van der Waals surface area contributed by atoms with Crippen molar-refractivity contribution in [3.05, 3.63) is 42.0 Å². The summed E-state index contributed by atoms with van der Waals surface area (Å²) in [5, 5.41) is 0. The lowest BCUT2D eigenvalue weighted by molar-refractivity contribution is -0.908. The van der Waals surface area contributed by atoms with Gasteiger partial charge < -0.3 is 9.80 Å². The molecule has 0 aromatic heterocycles. The molecule has 6 nitrogen and oxygen atoms in total. The molecule has 1 aliphatic carbocycles. The summed E-state index contributed by atoms with van der Waals surface area (Å²) in [5.41, 5.74) is 1.84. The van der Waals surface area contributed by atoms with Crippen LogP contribution < -0.4 is 9.80 Å². The van der Waals surface area contributed by atoms with Crippen LogP contribution in [0.2, 0.25) is 0 Å². The molecule has 27 heavy (non-hydrogen) atoms. The molecular weight excluding hydrogens is 342 g/mol. The van der Waals surface area contributed by atoms with Gasteiger partial charge in [-0.05, 0) is 44.0 Å². The zero-order chi connectivity index (χ0) is 19.0. The number of imide groups is 1. The second-order valence-corrected chi connectivity index (χ2v) is 7.76. The van der Waals surface area contributed by atoms with E-state index in [1.807, 2.05) is 36.4 Å². The number of anilines is 1. The maximum atomic E-state index is 12.6. The Hall–Kier alpha value is -2.47. The number of hydrogen-bond acceptors (Lipinski definition) is 4. The van der Waals surface area contributed by atoms with Gasteiger partial charge in [0.1, 0.15) is 0 Å². The molecule has 0 bridgehead atoms. The standard InChI is InChI=1S/C21H25N3O3/c1-15(25)16-6-8-17(9-7-16)23-12-10-22(11-13-23)14-24-20(26)18-4-2-3-5-19(18)21(24)27/h2-3,6-9,18-19H,4-5,10-14H2,1H3/p+1/t18-,19-/m1/s1. The third-order valence-electron chi connectivity index (χ3n) is 6.09. The number of likely N-dealkylation sites (tertiary alicyclic amines) is 1. The monoisotopic (exact) mass is 368 g/mol. The van der Waals surface area contributed by atoms with E-state index in [2.05, 4.69) is 4.90 Å². The van der Waals surface area contributed by atoms with Crippen LogP contribution in [0.3, 0.4) is 0 Å². The zero-order valence-corrected chi connectivity index (χ0v) is 15.7. The van der Waals surface area contributed by atoms with E-state index < -0.39 is 0 Å². The van der Waals surface area contributed by atoms with E-state index in [4.69, 9.17) is 0 Å². The van der Waals surface area contributed by atoms with Gasteiger partial charge in [-0.2, -0.15) is 0 Å². The van der Waals surface area contributed by atoms with Crippen molar-refractivity contribution < 1.29 is 19.3 Å². The molecule has 1 N–H and O–H groups in total. The maximum absolute atomic E-state index is 12.6. The van der Waals surface area contributed by atoms with E-state index in [1.54, 1.807) is 6.92 Å². The Kier molecular flexibility index (Phi) is 4.83. The molecule has 0 spiro atoms. The Morgan fingerprint density at radius 1 is 1.00 bits per heavy atom. The second-order valence-electron chi connectivity index (χ2n) is 7.76. The average molecular weight is 368 g/mol. The van der Waals surface area contributed by atoms with Gasteiger partial charge in [0, 0.05) is 11.3 Å². The number of nitrogens with one attached hydrogen (secondary N) is 1. The Balaban J connectivity index is 1.34. The van der Waals surface area contributed by atoms with Crippen molar-refractivity contribution in [1.82, 2.24) is 4.90 Å². The first-order chi connectivity index (χ1) is 13.0. The summed E-state index contributed by atoms with van der Waals surface area (Å²) in [6, 6.07) is 7.72. The summed E-state index contributed by atoms with van der Waals surface area (Å²) in [6.07, 6.45) is 5.45. The zero-order valence-electron chi connectivity index (χ0n) is 15.7. The van der Waals surface area contributed by atoms with Crippen molar-refractivity contribution in [2.75, 3.05) is 37.7 Å². The SMILES string of the molecule is CC(=O)c1ccc(N2CC[NH+](CN3C(=O)[C@@H]4CC=CC[C@H]4C3=O)CC2)cc1. The topological polar surface area (TPSA) is 62.1 Å². The van der Waals surface area contributed by atoms with E-state index in [-0.39, 0.29) is 29.4 Å². The summed E-state index contributed by atoms with van der Waals surface area (Å²) >= 11 is 0. The number of nitrogens with zero attached hydrogens (tertiary/aromatic N) is 2. The highest BCUT2D eigenvalue weighted by Crippen LogP contribution is 2.34. The van der Waals surface area contributed by atoms with Crippen LogP contribution in [-0.4, -0.2) is 55.3 Å². The van der Waals surface area contributed by atoms with E-state index in [0.29, 0.717) is 19.5 Å². The van der Waals surface area contributed by atoms with Gasteiger partial charge in [0.15, 0.2) is 12.5 Å². The third-order valence-corrected chi connectivity index (χ3v) is 6.09. The average Bonchev–Trinajstić information content (AvgIpc) is 2.94. The predicted octanol–water partition coefficient (Wildman–Crippen LogP) is 0.503. The first-order valence-electron chi connectivity index (χ1n) is 9.74. The van der Waals surface area contributed by atoms with Crippen LogP contribution in [0.25, 0.3) is 0 Å². The van der Waals surface area contributed by atoms with Gasteiger partial charge in [0.2, 0.25) is 11.8 Å². The van der Waals surface area contributed by atoms with E-state index in [9.17, 15) is 14.4 Å². The molecule has 4 rings (SSSR count). The summed E-state index contributed by atoms with van der Waals surface area (Å²) in [7, 11) is 0. The van der Waals surface area contributed by atoms with E-state index in [0.717, 1.165) is 37.4 Å². The van der Waals surface area contributed by atoms with Gasteiger partial charge in [-0.25, -0.2) is 4.90 Å². The number of fused-ring (bicyclic) bond motifs is 1. The molecule has 3 aliphatic rings. The highest BCUT2D eigenvalue weighted by Gasteiger charge is 2.48. The van der Waals surface area contributed by atoms with Crippen LogP contribution in [0.5, 0.6) is 0 Å². The number of carbonyl (C=O) groups excluding carboxylic acids is 3. The summed E-state index contributed by atoms with van der Waals surface area (Å²) < 4.78 is 0. The van der Waals surface area contributed by atoms with Crippen LogP contribution >= 0.6 is 0 Å². The first-order valence-corrected chi connectivity index (χ1v) is 9.74. The van der Waals surface area contributed by atoms with Crippen LogP contribution in [0.4, 0.5) is 5.69 Å². The van der Waals surface area contributed by atoms with Crippen molar-refractivity contribution in [3.63, 3.8) is 0 Å². The third kappa shape index (κ3) is 3.41. The Morgan fingerprint density at radius 3 is 2.07 bits per heavy atom. The Morgan fingerprint density at radius 2 is 1.56 bits per heavy atom. The largest absolute Gasteiger partial charge is 0.360 e. The number of Topliss-reactive ketones (excluding diaryl/α,β-unsaturated/α-hetero) is 1. The molecule has 1 aromatic rings. The molecule has 2 aliphatic heterocycles. The molecule has 0 unspecified atom stereocenters. The van der Waals surface area contributed by atoms with Crippen molar-refractivity contribution in [1.29, 1.82) is 0 Å². The van der Waals surface area contributed by atoms with Crippen LogP contribution in [-0.2, 0) is 9.59 Å². The molecule has 142 valence electrons. The number of piperazine rings is 1. The highest BCUT2D eigenvalue weighted by atomic mass is 16.2. The lowest BCUT2D eigenvalue weighted by Gasteiger charge is -2.35. The van der Waals surface area contributed by atoms with Crippen molar-refractivity contribution in [2.24, 2.45) is 11.8 Å². The Labute approximate surface area is 159 Å². The van der Waals surface area contributed by atoms with E-state index in [1.165, 1.54) is 9.80 Å². The number of carbonyl (C=O) groups is 3. The van der Waals surface area contributed by atoms with Crippen LogP contribution in [0.1, 0.15) is 30.1 Å². The van der Waals surface area contributed by atoms with Crippen molar-refractivity contribution >= 4 is 23.3 Å². The number of rotatable bonds is 4. The second kappa shape index (κ2) is 7.27. The number of hydrogen-bond donors (Lipinski definition) is 1. The summed E-state index contributed by atoms with van der Waals surface area (Å²) in [4.78, 5) is 41.7. The van der Waals surface area contributed by atoms with E-state index >= 15 is 0 Å². The van der Waals surface area contributed by atoms with Gasteiger partial charge in [0.05, 0.1) is 38.0 Å². The van der Waals surface area contributed by atoms with Gasteiger partial charge in [-0.1, -0.05) is 12.2 Å². The number of benzene rings is 1. The van der Waals surface area contributed by atoms with Crippen LogP contribution in [0.15, 0.2) is 36.4 Å². The summed E-state index contributed by atoms with van der Waals surface area (Å²) in [6.45, 7) is 5.59. The molecule has 1 aromatic carbocycles. The fraction of sp³-hybridized carbons (Fsp3) is 0.476. The van der Waals surface area contributed by atoms with Crippen molar-refractivity contribution in [3.8, 4) is 0 Å². The minimum Gasteiger partial charge on any atom is -0.360 e. The fourth-order valence-electron chi connectivity index (χ4n) is 4.39. The van der Waals surface area contributed by atoms with Gasteiger partial charge >= 0.3 is 0 Å². The minimum absolute atomic E-state index is 0.0177. The first kappa shape index (κ1) is 17.9. The fourth-order valence-corrected chi connectivity index (χ4v) is 4.39. The van der Waals surface area contributed by atoms with Crippen LogP contribution in [0, 0.1) is 11.8 Å². The highest BCUT2D eigenvalue weighted by molar-refractivity contribution is 6.05. The predicted molar refractivity (Wildman–Crippen MR) is 101 cm³/mol. The number of allylic oxidation sites excluding steroid dienone is 2. The molecular formula is C21H26N3O3+. The number of ketones is 1. The molecule has 0 radical (unpaired) electrons. The number of amides is 2. The molecule has 2 heterocycles. The minimum atomic E-state index is -0.136. The lowest BCUT2D eigenvalue weighted by Crippen LogP contribution is -3.16. The molecule has 2 saturated heterocycles. The molecule has 2 amide bonds. The normalized spacial score (nSPS) is 25.8. The van der Waals surface area contributed by atoms with Gasteiger partial charge in [0.25, 0.3) is 0 Å². The molecule has 2 atom stereocenters. The van der Waals surface area contributed by atoms with Gasteiger partial charge in [-0.3, -0.25) is 14.4 Å². The maximum Gasteiger partial charge on any atom is 0.237 e. The smallest absolute Gasteiger partial charge is 0.237 e.